The molecule has 1 amide bonds. The van der Waals surface area contributed by atoms with E-state index in [1.54, 1.807) is 12.1 Å². The van der Waals surface area contributed by atoms with Crippen LogP contribution in [0.2, 0.25) is 0 Å². The first-order valence-corrected chi connectivity index (χ1v) is 8.90. The molecule has 3 nitrogen and oxygen atoms in total. The molecule has 4 heteroatoms. The van der Waals surface area contributed by atoms with Crippen molar-refractivity contribution < 1.29 is 13.9 Å². The molecular formula is C21H24FNO2. The minimum Gasteiger partial charge on any atom is -0.494 e. The fourth-order valence-corrected chi connectivity index (χ4v) is 3.07. The summed E-state index contributed by atoms with van der Waals surface area (Å²) in [6, 6.07) is 14.1. The largest absolute Gasteiger partial charge is 0.494 e. The monoisotopic (exact) mass is 341 g/mol. The van der Waals surface area contributed by atoms with Crippen LogP contribution in [0.5, 0.6) is 5.75 Å². The molecular weight excluding hydrogens is 317 g/mol. The lowest BCUT2D eigenvalue weighted by Crippen LogP contribution is -2.45. The Labute approximate surface area is 148 Å². The fourth-order valence-electron chi connectivity index (χ4n) is 3.07. The van der Waals surface area contributed by atoms with Gasteiger partial charge in [-0.15, -0.1) is 0 Å². The van der Waals surface area contributed by atoms with Gasteiger partial charge in [0.05, 0.1) is 6.61 Å². The lowest BCUT2D eigenvalue weighted by atomic mass is 9.90. The molecule has 1 aliphatic rings. The first-order valence-electron chi connectivity index (χ1n) is 8.90. The SMILES string of the molecule is Cc1ccccc1C(=O)N(CCCOc1ccc(F)cc1)C1CCC1. The van der Waals surface area contributed by atoms with Gasteiger partial charge in [0.25, 0.3) is 5.91 Å². The maximum atomic E-state index is 12.9. The topological polar surface area (TPSA) is 29.5 Å². The molecule has 132 valence electrons. The molecule has 0 heterocycles. The normalized spacial score (nSPS) is 14.0. The van der Waals surface area contributed by atoms with Gasteiger partial charge in [0.15, 0.2) is 0 Å². The van der Waals surface area contributed by atoms with Crippen LogP contribution in [-0.4, -0.2) is 30.0 Å². The highest BCUT2D eigenvalue weighted by Crippen LogP contribution is 2.27. The number of aryl methyl sites for hydroxylation is 1. The van der Waals surface area contributed by atoms with Crippen LogP contribution in [0.1, 0.15) is 41.6 Å². The Morgan fingerprint density at radius 1 is 1.16 bits per heavy atom. The number of nitrogens with zero attached hydrogens (tertiary/aromatic N) is 1. The van der Waals surface area contributed by atoms with Crippen molar-refractivity contribution in [3.8, 4) is 5.75 Å². The quantitative estimate of drug-likeness (QED) is 0.689. The van der Waals surface area contributed by atoms with E-state index in [1.165, 1.54) is 18.6 Å². The van der Waals surface area contributed by atoms with Crippen LogP contribution < -0.4 is 4.74 Å². The Morgan fingerprint density at radius 3 is 2.52 bits per heavy atom. The molecule has 0 radical (unpaired) electrons. The van der Waals surface area contributed by atoms with E-state index in [2.05, 4.69) is 0 Å². The second-order valence-electron chi connectivity index (χ2n) is 6.55. The number of carbonyl (C=O) groups is 1. The molecule has 2 aromatic carbocycles. The minimum absolute atomic E-state index is 0.115. The van der Waals surface area contributed by atoms with E-state index in [1.807, 2.05) is 36.1 Å². The average molecular weight is 341 g/mol. The molecule has 1 saturated carbocycles. The Hall–Kier alpha value is -2.36. The highest BCUT2D eigenvalue weighted by Gasteiger charge is 2.29. The molecule has 0 aromatic heterocycles. The number of hydrogen-bond acceptors (Lipinski definition) is 2. The molecule has 0 bridgehead atoms. The zero-order valence-corrected chi connectivity index (χ0v) is 14.6. The van der Waals surface area contributed by atoms with Crippen molar-refractivity contribution in [3.63, 3.8) is 0 Å². The van der Waals surface area contributed by atoms with Crippen LogP contribution in [0.3, 0.4) is 0 Å². The van der Waals surface area contributed by atoms with Crippen LogP contribution in [0.25, 0.3) is 0 Å². The predicted octanol–water partition coefficient (Wildman–Crippen LogP) is 4.60. The fraction of sp³-hybridized carbons (Fsp3) is 0.381. The molecule has 0 atom stereocenters. The first kappa shape index (κ1) is 17.5. The van der Waals surface area contributed by atoms with Gasteiger partial charge in [-0.1, -0.05) is 18.2 Å². The van der Waals surface area contributed by atoms with Gasteiger partial charge in [0.2, 0.25) is 0 Å². The second kappa shape index (κ2) is 8.15. The molecule has 2 aromatic rings. The third kappa shape index (κ3) is 4.38. The van der Waals surface area contributed by atoms with Gasteiger partial charge in [0, 0.05) is 18.2 Å². The molecule has 0 unspecified atom stereocenters. The van der Waals surface area contributed by atoms with E-state index in [-0.39, 0.29) is 11.7 Å². The van der Waals surface area contributed by atoms with E-state index in [9.17, 15) is 9.18 Å². The van der Waals surface area contributed by atoms with Crippen LogP contribution in [0.15, 0.2) is 48.5 Å². The van der Waals surface area contributed by atoms with E-state index < -0.39 is 0 Å². The molecule has 3 rings (SSSR count). The van der Waals surface area contributed by atoms with Crippen molar-refractivity contribution in [2.75, 3.05) is 13.2 Å². The van der Waals surface area contributed by atoms with Crippen molar-refractivity contribution in [1.82, 2.24) is 4.90 Å². The van der Waals surface area contributed by atoms with Gasteiger partial charge in [-0.05, 0) is 68.5 Å². The molecule has 0 N–H and O–H groups in total. The zero-order chi connectivity index (χ0) is 17.6. The summed E-state index contributed by atoms with van der Waals surface area (Å²) in [6.45, 7) is 3.17. The summed E-state index contributed by atoms with van der Waals surface area (Å²) in [4.78, 5) is 14.9. The minimum atomic E-state index is -0.271. The van der Waals surface area contributed by atoms with Gasteiger partial charge in [-0.25, -0.2) is 4.39 Å². The summed E-state index contributed by atoms with van der Waals surface area (Å²) < 4.78 is 18.5. The summed E-state index contributed by atoms with van der Waals surface area (Å²) in [5, 5.41) is 0. The maximum absolute atomic E-state index is 12.9. The summed E-state index contributed by atoms with van der Waals surface area (Å²) >= 11 is 0. The third-order valence-corrected chi connectivity index (χ3v) is 4.78. The number of rotatable bonds is 7. The molecule has 1 aliphatic carbocycles. The lowest BCUT2D eigenvalue weighted by Gasteiger charge is -2.38. The number of halogens is 1. The Morgan fingerprint density at radius 2 is 1.88 bits per heavy atom. The molecule has 25 heavy (non-hydrogen) atoms. The molecule has 0 spiro atoms. The first-order chi connectivity index (χ1) is 12.1. The maximum Gasteiger partial charge on any atom is 0.254 e. The smallest absolute Gasteiger partial charge is 0.254 e. The van der Waals surface area contributed by atoms with Crippen LogP contribution in [0.4, 0.5) is 4.39 Å². The van der Waals surface area contributed by atoms with Gasteiger partial charge in [-0.2, -0.15) is 0 Å². The number of carbonyl (C=O) groups excluding carboxylic acids is 1. The van der Waals surface area contributed by atoms with Crippen molar-refractivity contribution in [2.24, 2.45) is 0 Å². The lowest BCUT2D eigenvalue weighted by molar-refractivity contribution is 0.0564. The predicted molar refractivity (Wildman–Crippen MR) is 96.4 cm³/mol. The molecule has 0 saturated heterocycles. The standard InChI is InChI=1S/C21H24FNO2/c1-16-6-2-3-9-20(16)21(24)23(18-7-4-8-18)14-5-15-25-19-12-10-17(22)11-13-19/h2-3,6,9-13,18H,4-5,7-8,14-15H2,1H3. The Bertz CT molecular complexity index is 710. The van der Waals surface area contributed by atoms with Crippen LogP contribution in [-0.2, 0) is 0 Å². The second-order valence-corrected chi connectivity index (χ2v) is 6.55. The van der Waals surface area contributed by atoms with Crippen molar-refractivity contribution in [2.45, 2.75) is 38.6 Å². The Balaban J connectivity index is 1.57. The number of ether oxygens (including phenoxy) is 1. The number of hydrogen-bond donors (Lipinski definition) is 0. The van der Waals surface area contributed by atoms with E-state index in [0.29, 0.717) is 24.9 Å². The van der Waals surface area contributed by atoms with Gasteiger partial charge in [0.1, 0.15) is 11.6 Å². The van der Waals surface area contributed by atoms with Gasteiger partial charge < -0.3 is 9.64 Å². The van der Waals surface area contributed by atoms with Crippen LogP contribution >= 0.6 is 0 Å². The number of benzene rings is 2. The third-order valence-electron chi connectivity index (χ3n) is 4.78. The highest BCUT2D eigenvalue weighted by atomic mass is 19.1. The van der Waals surface area contributed by atoms with Crippen molar-refractivity contribution in [1.29, 1.82) is 0 Å². The average Bonchev–Trinajstić information content (AvgIpc) is 2.57. The van der Waals surface area contributed by atoms with Crippen LogP contribution in [0, 0.1) is 12.7 Å². The zero-order valence-electron chi connectivity index (χ0n) is 14.6. The van der Waals surface area contributed by atoms with Gasteiger partial charge >= 0.3 is 0 Å². The van der Waals surface area contributed by atoms with Crippen molar-refractivity contribution in [3.05, 3.63) is 65.5 Å². The van der Waals surface area contributed by atoms with E-state index in [4.69, 9.17) is 4.74 Å². The highest BCUT2D eigenvalue weighted by molar-refractivity contribution is 5.95. The van der Waals surface area contributed by atoms with E-state index >= 15 is 0 Å². The van der Waals surface area contributed by atoms with E-state index in [0.717, 1.165) is 30.4 Å². The summed E-state index contributed by atoms with van der Waals surface area (Å²) in [7, 11) is 0. The Kier molecular flexibility index (Phi) is 5.69. The summed E-state index contributed by atoms with van der Waals surface area (Å²) in [5.74, 6) is 0.499. The van der Waals surface area contributed by atoms with Crippen molar-refractivity contribution >= 4 is 5.91 Å². The molecule has 1 fully saturated rings. The number of amides is 1. The summed E-state index contributed by atoms with van der Waals surface area (Å²) in [6.07, 6.45) is 4.10. The van der Waals surface area contributed by atoms with Gasteiger partial charge in [-0.3, -0.25) is 4.79 Å². The molecule has 0 aliphatic heterocycles. The summed E-state index contributed by atoms with van der Waals surface area (Å²) in [5.41, 5.74) is 1.80.